The number of fused-ring (bicyclic) bond motifs is 24. The molecule has 0 saturated heterocycles. The second kappa shape index (κ2) is 15.6. The third kappa shape index (κ3) is 5.29. The first-order chi connectivity index (χ1) is 41.6. The fourth-order valence-electron chi connectivity index (χ4n) is 18.8. The maximum absolute atomic E-state index is 11.6. The van der Waals surface area contributed by atoms with Crippen molar-refractivity contribution in [3.63, 3.8) is 0 Å². The Morgan fingerprint density at radius 2 is 0.702 bits per heavy atom. The highest BCUT2D eigenvalue weighted by atomic mass is 14.9. The molecule has 23 rings (SSSR count). The van der Waals surface area contributed by atoms with Crippen molar-refractivity contribution in [2.24, 2.45) is 0 Å². The van der Waals surface area contributed by atoms with E-state index in [0.29, 0.717) is 0 Å². The summed E-state index contributed by atoms with van der Waals surface area (Å²) in [4.78, 5) is 4.56. The molecule has 0 atom stereocenters. The summed E-state index contributed by atoms with van der Waals surface area (Å²) in [6, 6.07) is 73.1. The van der Waals surface area contributed by atoms with Gasteiger partial charge in [-0.25, -0.2) is 4.85 Å². The van der Waals surface area contributed by atoms with E-state index in [-0.39, 0.29) is 23.7 Å². The summed E-state index contributed by atoms with van der Waals surface area (Å²) in [7, 11) is 0. The van der Waals surface area contributed by atoms with Crippen LogP contribution in [0.4, 0.5) is 5.69 Å². The lowest BCUT2D eigenvalue weighted by Crippen LogP contribution is -2.28. The summed E-state index contributed by atoms with van der Waals surface area (Å²) in [5.74, 6) is -0.0226. The van der Waals surface area contributed by atoms with Crippen molar-refractivity contribution in [2.75, 3.05) is 0 Å². The van der Waals surface area contributed by atoms with E-state index in [1.165, 1.54) is 176 Å². The highest BCUT2D eigenvalue weighted by Crippen LogP contribution is 2.63. The lowest BCUT2D eigenvalue weighted by atomic mass is 9.59. The average Bonchev–Trinajstić information content (AvgIpc) is 1.43. The van der Waals surface area contributed by atoms with E-state index in [4.69, 9.17) is 6.57 Å². The summed E-state index contributed by atoms with van der Waals surface area (Å²) in [6.45, 7) is 9.13. The van der Waals surface area contributed by atoms with Crippen LogP contribution in [-0.2, 0) is 51.4 Å². The van der Waals surface area contributed by atoms with E-state index in [2.05, 4.69) is 202 Å². The third-order valence-electron chi connectivity index (χ3n) is 21.8. The van der Waals surface area contributed by atoms with Crippen LogP contribution in [0.1, 0.15) is 141 Å². The fraction of sp³-hybridized carbons (Fsp3) is 0.150. The van der Waals surface area contributed by atoms with Crippen molar-refractivity contribution in [1.29, 1.82) is 5.26 Å². The molecule has 0 unspecified atom stereocenters. The molecule has 84 heavy (non-hydrogen) atoms. The van der Waals surface area contributed by atoms with Gasteiger partial charge in [0, 0.05) is 72.3 Å². The van der Waals surface area contributed by atoms with Gasteiger partial charge in [0.1, 0.15) is 0 Å². The molecule has 4 heterocycles. The number of rotatable bonds is 0. The molecule has 0 saturated carbocycles. The molecule has 0 radical (unpaired) electrons. The Hall–Kier alpha value is -10.0. The molecule has 4 aromatic heterocycles. The van der Waals surface area contributed by atoms with E-state index in [1.54, 1.807) is 0 Å². The van der Waals surface area contributed by atoms with Crippen molar-refractivity contribution in [1.82, 2.24) is 8.80 Å². The van der Waals surface area contributed by atoms with Gasteiger partial charge < -0.3 is 8.80 Å². The molecule has 4 heteroatoms. The smallest absolute Gasteiger partial charge is 0.193 e. The first-order valence-corrected chi connectivity index (χ1v) is 30.5. The lowest BCUT2D eigenvalue weighted by Gasteiger charge is -2.43. The average molecular weight is 1070 g/mol. The highest BCUT2D eigenvalue weighted by Gasteiger charge is 2.47. The largest absolute Gasteiger partial charge is 0.309 e. The number of nitriles is 1. The Bertz CT molecular complexity index is 5240. The van der Waals surface area contributed by atoms with Crippen LogP contribution in [0, 0.1) is 17.9 Å². The van der Waals surface area contributed by atoms with Gasteiger partial charge in [-0.15, -0.1) is 0 Å². The first kappa shape index (κ1) is 44.6. The number of aromatic nitrogens is 2. The summed E-state index contributed by atoms with van der Waals surface area (Å²) in [5.41, 5.74) is 36.0. The second-order valence-electron chi connectivity index (χ2n) is 25.5. The molecule has 15 aromatic rings. The second-order valence-corrected chi connectivity index (χ2v) is 25.5. The maximum atomic E-state index is 11.6. The molecular weight excluding hydrogens is 1020 g/mol. The number of aryl methyl sites for hydroxylation is 8. The molecule has 11 aromatic carbocycles. The van der Waals surface area contributed by atoms with Crippen LogP contribution in [0.2, 0.25) is 0 Å². The lowest BCUT2D eigenvalue weighted by molar-refractivity contribution is 0.759. The van der Waals surface area contributed by atoms with E-state index < -0.39 is 0 Å². The molecule has 4 nitrogen and oxygen atoms in total. The van der Waals surface area contributed by atoms with Crippen molar-refractivity contribution in [2.45, 2.75) is 75.0 Å². The monoisotopic (exact) mass is 1070 g/mol. The zero-order valence-corrected chi connectivity index (χ0v) is 46.1. The summed E-state index contributed by atoms with van der Waals surface area (Å²) < 4.78 is 5.30. The molecule has 390 valence electrons. The Morgan fingerprint density at radius 3 is 1.10 bits per heavy atom. The van der Waals surface area contributed by atoms with Gasteiger partial charge in [0.2, 0.25) is 0 Å². The van der Waals surface area contributed by atoms with Crippen LogP contribution in [0.15, 0.2) is 182 Å². The van der Waals surface area contributed by atoms with Gasteiger partial charge in [-0.3, -0.25) is 0 Å². The van der Waals surface area contributed by atoms with Gasteiger partial charge in [0.15, 0.2) is 5.69 Å². The molecule has 0 spiro atoms. The van der Waals surface area contributed by atoms with Gasteiger partial charge in [0.25, 0.3) is 0 Å². The van der Waals surface area contributed by atoms with Crippen LogP contribution >= 0.6 is 0 Å². The molecule has 8 aliphatic carbocycles. The zero-order valence-electron chi connectivity index (χ0n) is 46.1. The van der Waals surface area contributed by atoms with Gasteiger partial charge in [-0.1, -0.05) is 158 Å². The minimum atomic E-state index is -0.0197. The van der Waals surface area contributed by atoms with Gasteiger partial charge in [0.05, 0.1) is 45.8 Å². The Balaban J connectivity index is 0.942. The minimum absolute atomic E-state index is 0.00190. The highest BCUT2D eigenvalue weighted by molar-refractivity contribution is 6.32. The SMILES string of the molecule is [C-]#[N+]c1cc2c(c3c1C1c4ccccc4C3c3ccccc31)c1c3cc(c4c5cc6c(cc5n2c41)c1c2cc(c4c5c7c(c(C#N)cc5n6c14)C1c4ccccc4C7c4ccccc41)CCc1cccc(c1)CC2)CCc1cccc(c1)CC3. The van der Waals surface area contributed by atoms with Gasteiger partial charge >= 0.3 is 0 Å². The maximum Gasteiger partial charge on any atom is 0.193 e. The molecule has 12 bridgehead atoms. The van der Waals surface area contributed by atoms with E-state index in [9.17, 15) is 5.26 Å². The van der Waals surface area contributed by atoms with Crippen molar-refractivity contribution >= 4 is 81.9 Å². The molecule has 0 amide bonds. The Labute approximate surface area is 484 Å². The van der Waals surface area contributed by atoms with Crippen LogP contribution in [0.25, 0.3) is 81.0 Å². The van der Waals surface area contributed by atoms with E-state index in [1.807, 2.05) is 0 Å². The minimum Gasteiger partial charge on any atom is -0.309 e. The predicted octanol–water partition coefficient (Wildman–Crippen LogP) is 18.2. The number of hydrogen-bond donors (Lipinski definition) is 0. The number of hydrogen-bond acceptors (Lipinski definition) is 1. The van der Waals surface area contributed by atoms with E-state index >= 15 is 0 Å². The summed E-state index contributed by atoms with van der Waals surface area (Å²) >= 11 is 0. The standard InChI is InChI=1S/C80H50N4/c1-82-60-39-64-76(78-73-56-22-8-4-18-52(56)71(74(60)78)53-19-5-9-23-57(53)73)69-48-31-27-44-15-11-13-42(33-44)25-29-46(35-48)66-59-37-61-58(38-62(59)84(64)80(66)69)65-45-28-24-41-12-10-14-43(32-41)26-30-47(34-45)68-75-63(83(61)79(65)68)36-49(40-81)67-70-50-16-2-6-20-54(50)72(77(67)75)55-21-7-3-17-51(55)70/h2-23,32-39,70-73H,24-31H2. The van der Waals surface area contributed by atoms with Gasteiger partial charge in [-0.2, -0.15) is 5.26 Å². The summed E-state index contributed by atoms with van der Waals surface area (Å²) in [6.07, 6.45) is 7.54. The first-order valence-electron chi connectivity index (χ1n) is 30.5. The topological polar surface area (TPSA) is 37.0 Å². The number of nitrogens with zero attached hydrogens (tertiary/aromatic N) is 4. The van der Waals surface area contributed by atoms with Crippen molar-refractivity contribution < 1.29 is 0 Å². The van der Waals surface area contributed by atoms with Crippen LogP contribution in [0.5, 0.6) is 0 Å². The number of benzene rings is 11. The molecule has 0 fully saturated rings. The Morgan fingerprint density at radius 1 is 0.345 bits per heavy atom. The fourth-order valence-corrected chi connectivity index (χ4v) is 18.8. The zero-order chi connectivity index (χ0) is 54.5. The third-order valence-corrected chi connectivity index (χ3v) is 21.8. The summed E-state index contributed by atoms with van der Waals surface area (Å²) in [5, 5.41) is 22.2. The van der Waals surface area contributed by atoms with Crippen LogP contribution in [-0.4, -0.2) is 8.80 Å². The molecule has 0 N–H and O–H groups in total. The Kier molecular flexibility index (Phi) is 8.26. The molecule has 0 aliphatic heterocycles. The molecule has 8 aliphatic rings. The van der Waals surface area contributed by atoms with Crippen LogP contribution < -0.4 is 0 Å². The normalized spacial score (nSPS) is 18.5. The van der Waals surface area contributed by atoms with Crippen molar-refractivity contribution in [3.05, 3.63) is 310 Å². The van der Waals surface area contributed by atoms with E-state index in [0.717, 1.165) is 73.7 Å². The quantitative estimate of drug-likeness (QED) is 0.139. The van der Waals surface area contributed by atoms with Gasteiger partial charge in [-0.05, 0) is 187 Å². The predicted molar refractivity (Wildman–Crippen MR) is 339 cm³/mol. The van der Waals surface area contributed by atoms with Crippen molar-refractivity contribution in [3.8, 4) is 6.07 Å². The molecular formula is C80H50N4. The van der Waals surface area contributed by atoms with Crippen LogP contribution in [0.3, 0.4) is 0 Å².